The monoisotopic (exact) mass is 287 g/mol. The molecule has 0 fully saturated rings. The van der Waals surface area contributed by atoms with Crippen LogP contribution in [0.2, 0.25) is 0 Å². The van der Waals surface area contributed by atoms with Crippen LogP contribution in [0.5, 0.6) is 11.5 Å². The molecule has 0 atom stereocenters. The van der Waals surface area contributed by atoms with E-state index in [4.69, 9.17) is 20.3 Å². The second-order valence-corrected chi connectivity index (χ2v) is 4.52. The van der Waals surface area contributed by atoms with Gasteiger partial charge in [-0.15, -0.1) is 0 Å². The van der Waals surface area contributed by atoms with Gasteiger partial charge in [-0.3, -0.25) is 4.79 Å². The molecule has 2 aromatic rings. The summed E-state index contributed by atoms with van der Waals surface area (Å²) in [4.78, 5) is 11.0. The van der Waals surface area contributed by atoms with Crippen molar-refractivity contribution in [3.63, 3.8) is 0 Å². The van der Waals surface area contributed by atoms with Crippen LogP contribution in [0.4, 0.5) is 5.69 Å². The number of carboxylic acid groups (broad SMARTS) is 1. The Labute approximate surface area is 122 Å². The van der Waals surface area contributed by atoms with Crippen LogP contribution in [0.15, 0.2) is 36.4 Å². The van der Waals surface area contributed by atoms with E-state index in [9.17, 15) is 4.79 Å². The van der Waals surface area contributed by atoms with Crippen molar-refractivity contribution in [1.82, 2.24) is 0 Å². The summed E-state index contributed by atoms with van der Waals surface area (Å²) in [6, 6.07) is 10.6. The number of anilines is 1. The molecule has 110 valence electrons. The van der Waals surface area contributed by atoms with Crippen molar-refractivity contribution < 1.29 is 19.4 Å². The zero-order valence-corrected chi connectivity index (χ0v) is 11.9. The maximum absolute atomic E-state index is 11.0. The van der Waals surface area contributed by atoms with Crippen molar-refractivity contribution >= 4 is 11.7 Å². The molecule has 0 unspecified atom stereocenters. The predicted molar refractivity (Wildman–Crippen MR) is 80.7 cm³/mol. The Balaban J connectivity index is 2.67. The van der Waals surface area contributed by atoms with E-state index in [2.05, 4.69) is 0 Å². The topological polar surface area (TPSA) is 81.8 Å². The van der Waals surface area contributed by atoms with E-state index in [-0.39, 0.29) is 6.42 Å². The number of nitrogens with two attached hydrogens (primary N) is 1. The van der Waals surface area contributed by atoms with E-state index >= 15 is 0 Å². The van der Waals surface area contributed by atoms with Crippen molar-refractivity contribution in [2.45, 2.75) is 6.42 Å². The highest BCUT2D eigenvalue weighted by Gasteiger charge is 2.16. The first-order valence-electron chi connectivity index (χ1n) is 6.38. The summed E-state index contributed by atoms with van der Waals surface area (Å²) in [6.45, 7) is 0. The molecule has 0 aromatic heterocycles. The molecule has 5 nitrogen and oxygen atoms in total. The molecule has 0 radical (unpaired) electrons. The maximum Gasteiger partial charge on any atom is 0.307 e. The summed E-state index contributed by atoms with van der Waals surface area (Å²) in [5.74, 6) is 0.347. The van der Waals surface area contributed by atoms with Crippen LogP contribution in [0.1, 0.15) is 5.56 Å². The minimum absolute atomic E-state index is 0.110. The van der Waals surface area contributed by atoms with E-state index in [0.717, 1.165) is 0 Å². The van der Waals surface area contributed by atoms with Gasteiger partial charge in [-0.25, -0.2) is 0 Å². The van der Waals surface area contributed by atoms with E-state index < -0.39 is 5.97 Å². The van der Waals surface area contributed by atoms with Gasteiger partial charge in [0.15, 0.2) is 0 Å². The predicted octanol–water partition coefficient (Wildman–Crippen LogP) is 2.58. The number of methoxy groups -OCH3 is 2. The summed E-state index contributed by atoms with van der Waals surface area (Å²) in [5.41, 5.74) is 8.57. The lowest BCUT2D eigenvalue weighted by molar-refractivity contribution is -0.136. The molecular weight excluding hydrogens is 270 g/mol. The van der Waals surface area contributed by atoms with Gasteiger partial charge in [0, 0.05) is 16.8 Å². The number of benzene rings is 2. The lowest BCUT2D eigenvalue weighted by Gasteiger charge is -2.15. The maximum atomic E-state index is 11.0. The van der Waals surface area contributed by atoms with Crippen LogP contribution in [-0.4, -0.2) is 25.3 Å². The molecule has 5 heteroatoms. The van der Waals surface area contributed by atoms with Gasteiger partial charge >= 0.3 is 5.97 Å². The Bertz CT molecular complexity index is 667. The largest absolute Gasteiger partial charge is 0.497 e. The van der Waals surface area contributed by atoms with Gasteiger partial charge in [-0.2, -0.15) is 0 Å². The molecule has 2 rings (SSSR count). The van der Waals surface area contributed by atoms with Crippen molar-refractivity contribution in [3.8, 4) is 22.6 Å². The molecule has 0 bridgehead atoms. The normalized spacial score (nSPS) is 10.2. The smallest absolute Gasteiger partial charge is 0.307 e. The molecule has 0 aliphatic rings. The van der Waals surface area contributed by atoms with Crippen molar-refractivity contribution in [2.24, 2.45) is 0 Å². The van der Waals surface area contributed by atoms with Crippen LogP contribution in [0.25, 0.3) is 11.1 Å². The first-order chi connectivity index (χ1) is 10.1. The number of carbonyl (C=O) groups is 1. The number of carboxylic acids is 1. The Morgan fingerprint density at radius 3 is 2.57 bits per heavy atom. The van der Waals surface area contributed by atoms with Gasteiger partial charge in [0.1, 0.15) is 11.5 Å². The molecule has 0 saturated carbocycles. The molecule has 2 aromatic carbocycles. The second kappa shape index (κ2) is 6.17. The Hall–Kier alpha value is -2.69. The lowest BCUT2D eigenvalue weighted by atomic mass is 9.95. The summed E-state index contributed by atoms with van der Waals surface area (Å²) < 4.78 is 10.6. The summed E-state index contributed by atoms with van der Waals surface area (Å²) >= 11 is 0. The highest BCUT2D eigenvalue weighted by molar-refractivity contribution is 5.86. The van der Waals surface area contributed by atoms with Crippen LogP contribution >= 0.6 is 0 Å². The Morgan fingerprint density at radius 2 is 1.95 bits per heavy atom. The summed E-state index contributed by atoms with van der Waals surface area (Å²) in [5, 5.41) is 9.06. The third kappa shape index (κ3) is 3.08. The summed E-state index contributed by atoms with van der Waals surface area (Å²) in [7, 11) is 3.12. The number of rotatable bonds is 5. The standard InChI is InChI=1S/C16H17NO4/c1-20-11-6-7-14(21-2)12(9-11)16-10(8-15(18)19)4-3-5-13(16)17/h3-7,9H,8,17H2,1-2H3,(H,18,19). The van der Waals surface area contributed by atoms with Crippen LogP contribution < -0.4 is 15.2 Å². The fourth-order valence-electron chi connectivity index (χ4n) is 2.27. The molecule has 0 aliphatic heterocycles. The van der Waals surface area contributed by atoms with Gasteiger partial charge < -0.3 is 20.3 Å². The van der Waals surface area contributed by atoms with Crippen LogP contribution in [0, 0.1) is 0 Å². The number of aliphatic carboxylic acids is 1. The first kappa shape index (κ1) is 14.7. The number of hydrogen-bond acceptors (Lipinski definition) is 4. The SMILES string of the molecule is COc1ccc(OC)c(-c2c(N)cccc2CC(=O)O)c1. The molecular formula is C16H17NO4. The van der Waals surface area contributed by atoms with Crippen molar-refractivity contribution in [2.75, 3.05) is 20.0 Å². The zero-order chi connectivity index (χ0) is 15.4. The third-order valence-electron chi connectivity index (χ3n) is 3.20. The van der Waals surface area contributed by atoms with Gasteiger partial charge in [-0.1, -0.05) is 12.1 Å². The van der Waals surface area contributed by atoms with Gasteiger partial charge in [0.05, 0.1) is 20.6 Å². The fourth-order valence-corrected chi connectivity index (χ4v) is 2.27. The minimum atomic E-state index is -0.913. The molecule has 0 aliphatic carbocycles. The third-order valence-corrected chi connectivity index (χ3v) is 3.20. The zero-order valence-electron chi connectivity index (χ0n) is 11.9. The quantitative estimate of drug-likeness (QED) is 0.826. The van der Waals surface area contributed by atoms with Gasteiger partial charge in [0.2, 0.25) is 0 Å². The van der Waals surface area contributed by atoms with Crippen LogP contribution in [-0.2, 0) is 11.2 Å². The molecule has 3 N–H and O–H groups in total. The Morgan fingerprint density at radius 1 is 1.19 bits per heavy atom. The van der Waals surface area contributed by atoms with Crippen molar-refractivity contribution in [1.29, 1.82) is 0 Å². The van der Waals surface area contributed by atoms with Gasteiger partial charge in [0.25, 0.3) is 0 Å². The summed E-state index contributed by atoms with van der Waals surface area (Å²) in [6.07, 6.45) is -0.110. The first-order valence-corrected chi connectivity index (χ1v) is 6.38. The van der Waals surface area contributed by atoms with Crippen LogP contribution in [0.3, 0.4) is 0 Å². The average Bonchev–Trinajstić information content (AvgIpc) is 2.46. The lowest BCUT2D eigenvalue weighted by Crippen LogP contribution is -2.04. The minimum Gasteiger partial charge on any atom is -0.497 e. The van der Waals surface area contributed by atoms with E-state index in [0.29, 0.717) is 33.9 Å². The van der Waals surface area contributed by atoms with Crippen molar-refractivity contribution in [3.05, 3.63) is 42.0 Å². The Kier molecular flexibility index (Phi) is 4.33. The number of ether oxygens (including phenoxy) is 2. The van der Waals surface area contributed by atoms with E-state index in [1.165, 1.54) is 0 Å². The van der Waals surface area contributed by atoms with Gasteiger partial charge in [-0.05, 0) is 29.8 Å². The molecule has 21 heavy (non-hydrogen) atoms. The molecule has 0 amide bonds. The highest BCUT2D eigenvalue weighted by Crippen LogP contribution is 2.38. The fraction of sp³-hybridized carbons (Fsp3) is 0.188. The molecule has 0 saturated heterocycles. The number of nitrogen functional groups attached to an aromatic ring is 1. The highest BCUT2D eigenvalue weighted by atomic mass is 16.5. The molecule has 0 spiro atoms. The van der Waals surface area contributed by atoms with E-state index in [1.54, 1.807) is 50.6 Å². The molecule has 0 heterocycles. The average molecular weight is 287 g/mol. The number of hydrogen-bond donors (Lipinski definition) is 2. The van der Waals surface area contributed by atoms with E-state index in [1.807, 2.05) is 0 Å². The second-order valence-electron chi connectivity index (χ2n) is 4.52.